The second-order valence-electron chi connectivity index (χ2n) is 5.35. The van der Waals surface area contributed by atoms with Crippen LogP contribution in [0.5, 0.6) is 11.5 Å². The Bertz CT molecular complexity index is 608. The van der Waals surface area contributed by atoms with E-state index in [0.717, 1.165) is 28.2 Å². The second kappa shape index (κ2) is 6.86. The minimum absolute atomic E-state index is 0.141. The Morgan fingerprint density at radius 3 is 2.48 bits per heavy atom. The topological polar surface area (TPSA) is 18.5 Å². The SMILES string of the molecule is COc1ccc(C)cc1C(Cl)c1cccc(OC(C)C)c1. The molecule has 2 aromatic rings. The molecule has 1 atom stereocenters. The predicted molar refractivity (Wildman–Crippen MR) is 87.6 cm³/mol. The highest BCUT2D eigenvalue weighted by Crippen LogP contribution is 2.36. The fourth-order valence-electron chi connectivity index (χ4n) is 2.25. The third-order valence-corrected chi connectivity index (χ3v) is 3.67. The van der Waals surface area contributed by atoms with Crippen LogP contribution in [0.4, 0.5) is 0 Å². The molecule has 0 N–H and O–H groups in total. The van der Waals surface area contributed by atoms with Crippen LogP contribution >= 0.6 is 11.6 Å². The van der Waals surface area contributed by atoms with Gasteiger partial charge in [-0.3, -0.25) is 0 Å². The Morgan fingerprint density at radius 1 is 1.05 bits per heavy atom. The van der Waals surface area contributed by atoms with Crippen LogP contribution in [0, 0.1) is 6.92 Å². The van der Waals surface area contributed by atoms with Crippen molar-refractivity contribution in [1.82, 2.24) is 0 Å². The summed E-state index contributed by atoms with van der Waals surface area (Å²) in [7, 11) is 1.66. The van der Waals surface area contributed by atoms with Crippen molar-refractivity contribution in [3.05, 3.63) is 59.2 Å². The Balaban J connectivity index is 2.35. The number of hydrogen-bond acceptors (Lipinski definition) is 2. The molecule has 21 heavy (non-hydrogen) atoms. The highest BCUT2D eigenvalue weighted by molar-refractivity contribution is 6.22. The summed E-state index contributed by atoms with van der Waals surface area (Å²) < 4.78 is 11.2. The maximum Gasteiger partial charge on any atom is 0.123 e. The summed E-state index contributed by atoms with van der Waals surface area (Å²) in [5.41, 5.74) is 3.13. The molecule has 0 aliphatic carbocycles. The van der Waals surface area contributed by atoms with E-state index in [1.54, 1.807) is 7.11 Å². The zero-order valence-corrected chi connectivity index (χ0v) is 13.6. The third-order valence-electron chi connectivity index (χ3n) is 3.18. The van der Waals surface area contributed by atoms with E-state index in [-0.39, 0.29) is 11.5 Å². The van der Waals surface area contributed by atoms with E-state index >= 15 is 0 Å². The lowest BCUT2D eigenvalue weighted by molar-refractivity contribution is 0.242. The summed E-state index contributed by atoms with van der Waals surface area (Å²) in [6.45, 7) is 6.06. The van der Waals surface area contributed by atoms with Crippen molar-refractivity contribution < 1.29 is 9.47 Å². The molecular weight excluding hydrogens is 284 g/mol. The van der Waals surface area contributed by atoms with Crippen LogP contribution in [-0.2, 0) is 0 Å². The smallest absolute Gasteiger partial charge is 0.123 e. The number of ether oxygens (including phenoxy) is 2. The van der Waals surface area contributed by atoms with Crippen molar-refractivity contribution >= 4 is 11.6 Å². The van der Waals surface area contributed by atoms with Gasteiger partial charge in [-0.2, -0.15) is 0 Å². The van der Waals surface area contributed by atoms with Crippen LogP contribution < -0.4 is 9.47 Å². The highest BCUT2D eigenvalue weighted by atomic mass is 35.5. The molecule has 2 aromatic carbocycles. The van der Waals surface area contributed by atoms with Crippen molar-refractivity contribution in [3.8, 4) is 11.5 Å². The Labute approximate surface area is 131 Å². The fourth-order valence-corrected chi connectivity index (χ4v) is 2.56. The molecule has 0 fully saturated rings. The first-order chi connectivity index (χ1) is 10.0. The minimum Gasteiger partial charge on any atom is -0.496 e. The molecule has 112 valence electrons. The average molecular weight is 305 g/mol. The monoisotopic (exact) mass is 304 g/mol. The average Bonchev–Trinajstić information content (AvgIpc) is 2.46. The Hall–Kier alpha value is -1.67. The van der Waals surface area contributed by atoms with Gasteiger partial charge in [0.05, 0.1) is 18.6 Å². The van der Waals surface area contributed by atoms with Crippen LogP contribution in [-0.4, -0.2) is 13.2 Å². The fraction of sp³-hybridized carbons (Fsp3) is 0.333. The van der Waals surface area contributed by atoms with E-state index in [1.165, 1.54) is 0 Å². The first-order valence-corrected chi connectivity index (χ1v) is 7.50. The molecule has 0 aliphatic heterocycles. The van der Waals surface area contributed by atoms with Gasteiger partial charge in [-0.15, -0.1) is 11.6 Å². The van der Waals surface area contributed by atoms with Crippen LogP contribution in [0.3, 0.4) is 0 Å². The van der Waals surface area contributed by atoms with Crippen molar-refractivity contribution in [2.24, 2.45) is 0 Å². The molecule has 0 spiro atoms. The lowest BCUT2D eigenvalue weighted by atomic mass is 10.0. The lowest BCUT2D eigenvalue weighted by Gasteiger charge is -2.17. The maximum absolute atomic E-state index is 6.66. The Morgan fingerprint density at radius 2 is 1.81 bits per heavy atom. The molecule has 2 nitrogen and oxygen atoms in total. The molecule has 2 rings (SSSR count). The van der Waals surface area contributed by atoms with Gasteiger partial charge in [0.25, 0.3) is 0 Å². The summed E-state index contributed by atoms with van der Waals surface area (Å²) in [5.74, 6) is 1.63. The molecule has 0 bridgehead atoms. The zero-order valence-electron chi connectivity index (χ0n) is 12.9. The first kappa shape index (κ1) is 15.7. The predicted octanol–water partition coefficient (Wildman–Crippen LogP) is 5.12. The quantitative estimate of drug-likeness (QED) is 0.714. The van der Waals surface area contributed by atoms with Crippen molar-refractivity contribution in [1.29, 1.82) is 0 Å². The first-order valence-electron chi connectivity index (χ1n) is 7.06. The molecule has 0 amide bonds. The highest BCUT2D eigenvalue weighted by Gasteiger charge is 2.16. The minimum atomic E-state index is -0.268. The third kappa shape index (κ3) is 3.92. The molecule has 0 heterocycles. The summed E-state index contributed by atoms with van der Waals surface area (Å²) >= 11 is 6.66. The number of benzene rings is 2. The van der Waals surface area contributed by atoms with E-state index < -0.39 is 0 Å². The number of rotatable bonds is 5. The molecule has 0 saturated heterocycles. The van der Waals surface area contributed by atoms with Crippen LogP contribution in [0.25, 0.3) is 0 Å². The molecule has 0 aliphatic rings. The van der Waals surface area contributed by atoms with Gasteiger partial charge in [-0.05, 0) is 44.5 Å². The van der Waals surface area contributed by atoms with Crippen molar-refractivity contribution in [2.75, 3.05) is 7.11 Å². The standard InChI is InChI=1S/C18H21ClO2/c1-12(2)21-15-7-5-6-14(11-15)18(19)16-10-13(3)8-9-17(16)20-4/h5-12,18H,1-4H3. The molecule has 0 saturated carbocycles. The van der Waals surface area contributed by atoms with Gasteiger partial charge in [0.1, 0.15) is 11.5 Å². The number of alkyl halides is 1. The van der Waals surface area contributed by atoms with E-state index in [4.69, 9.17) is 21.1 Å². The van der Waals surface area contributed by atoms with Gasteiger partial charge in [0.2, 0.25) is 0 Å². The normalized spacial score (nSPS) is 12.3. The number of hydrogen-bond donors (Lipinski definition) is 0. The van der Waals surface area contributed by atoms with Gasteiger partial charge in [0, 0.05) is 5.56 Å². The number of halogens is 1. The van der Waals surface area contributed by atoms with Gasteiger partial charge >= 0.3 is 0 Å². The Kier molecular flexibility index (Phi) is 5.13. The molecule has 0 aromatic heterocycles. The van der Waals surface area contributed by atoms with Crippen molar-refractivity contribution in [2.45, 2.75) is 32.3 Å². The molecule has 0 radical (unpaired) electrons. The number of methoxy groups -OCH3 is 1. The van der Waals surface area contributed by atoms with Gasteiger partial charge in [-0.25, -0.2) is 0 Å². The van der Waals surface area contributed by atoms with E-state index in [1.807, 2.05) is 57.2 Å². The van der Waals surface area contributed by atoms with Gasteiger partial charge in [0.15, 0.2) is 0 Å². The lowest BCUT2D eigenvalue weighted by Crippen LogP contribution is -2.06. The van der Waals surface area contributed by atoms with E-state index in [2.05, 4.69) is 6.07 Å². The summed E-state index contributed by atoms with van der Waals surface area (Å²) in [6, 6.07) is 13.9. The van der Waals surface area contributed by atoms with Gasteiger partial charge in [-0.1, -0.05) is 29.8 Å². The summed E-state index contributed by atoms with van der Waals surface area (Å²) in [6.07, 6.45) is 0.141. The zero-order chi connectivity index (χ0) is 15.4. The molecule has 3 heteroatoms. The van der Waals surface area contributed by atoms with Crippen LogP contribution in [0.1, 0.15) is 35.9 Å². The largest absolute Gasteiger partial charge is 0.496 e. The van der Waals surface area contributed by atoms with Gasteiger partial charge < -0.3 is 9.47 Å². The van der Waals surface area contributed by atoms with E-state index in [9.17, 15) is 0 Å². The molecule has 1 unspecified atom stereocenters. The van der Waals surface area contributed by atoms with Crippen molar-refractivity contribution in [3.63, 3.8) is 0 Å². The molecular formula is C18H21ClO2. The van der Waals surface area contributed by atoms with E-state index in [0.29, 0.717) is 0 Å². The van der Waals surface area contributed by atoms with Crippen LogP contribution in [0.15, 0.2) is 42.5 Å². The van der Waals surface area contributed by atoms with Crippen LogP contribution in [0.2, 0.25) is 0 Å². The second-order valence-corrected chi connectivity index (χ2v) is 5.78. The summed E-state index contributed by atoms with van der Waals surface area (Å²) in [5, 5.41) is -0.268. The maximum atomic E-state index is 6.66. The number of aryl methyl sites for hydroxylation is 1. The summed E-state index contributed by atoms with van der Waals surface area (Å²) in [4.78, 5) is 0.